The average molecular weight is 475 g/mol. The van der Waals surface area contributed by atoms with Gasteiger partial charge in [0.25, 0.3) is 5.56 Å². The molecule has 0 amide bonds. The van der Waals surface area contributed by atoms with Crippen LogP contribution in [0, 0.1) is 0 Å². The van der Waals surface area contributed by atoms with E-state index in [4.69, 9.17) is 16.7 Å². The third kappa shape index (κ3) is 5.11. The van der Waals surface area contributed by atoms with Crippen LogP contribution in [-0.2, 0) is 13.0 Å². The Morgan fingerprint density at radius 3 is 2.38 bits per heavy atom. The molecule has 174 valence electrons. The van der Waals surface area contributed by atoms with Crippen molar-refractivity contribution in [3.05, 3.63) is 93.8 Å². The topological polar surface area (TPSA) is 67.2 Å². The molecule has 5 rings (SSSR count). The van der Waals surface area contributed by atoms with Crippen molar-refractivity contribution in [2.24, 2.45) is 0 Å². The first-order valence-corrected chi connectivity index (χ1v) is 12.0. The molecule has 0 unspecified atom stereocenters. The van der Waals surface area contributed by atoms with Crippen LogP contribution in [0.15, 0.2) is 71.9 Å². The zero-order valence-corrected chi connectivity index (χ0v) is 19.7. The fourth-order valence-electron chi connectivity index (χ4n) is 4.48. The van der Waals surface area contributed by atoms with E-state index < -0.39 is 0 Å². The molecule has 34 heavy (non-hydrogen) atoms. The maximum Gasteiger partial charge on any atom is 0.274 e. The number of aryl methyl sites for hydroxylation is 1. The molecule has 4 aromatic rings. The molecular weight excluding hydrogens is 448 g/mol. The zero-order valence-electron chi connectivity index (χ0n) is 19.0. The summed E-state index contributed by atoms with van der Waals surface area (Å²) in [6.45, 7) is 5.33. The first-order valence-electron chi connectivity index (χ1n) is 11.6. The van der Waals surface area contributed by atoms with Crippen LogP contribution >= 0.6 is 11.6 Å². The highest BCUT2D eigenvalue weighted by Gasteiger charge is 2.18. The highest BCUT2D eigenvalue weighted by molar-refractivity contribution is 6.30. The predicted molar refractivity (Wildman–Crippen MR) is 136 cm³/mol. The third-order valence-corrected chi connectivity index (χ3v) is 6.57. The molecule has 2 aromatic carbocycles. The van der Waals surface area contributed by atoms with Gasteiger partial charge in [-0.25, -0.2) is 9.67 Å². The van der Waals surface area contributed by atoms with Gasteiger partial charge < -0.3 is 4.90 Å². The molecule has 7 nitrogen and oxygen atoms in total. The van der Waals surface area contributed by atoms with E-state index in [2.05, 4.69) is 19.8 Å². The van der Waals surface area contributed by atoms with Crippen molar-refractivity contribution in [3.8, 4) is 0 Å². The summed E-state index contributed by atoms with van der Waals surface area (Å²) in [6.07, 6.45) is 6.77. The number of piperazine rings is 1. The van der Waals surface area contributed by atoms with Gasteiger partial charge >= 0.3 is 0 Å². The maximum absolute atomic E-state index is 13.1. The molecule has 0 aliphatic carbocycles. The fraction of sp³-hybridized carbons (Fsp3) is 0.308. The van der Waals surface area contributed by atoms with Crippen LogP contribution in [0.3, 0.4) is 0 Å². The fourth-order valence-corrected chi connectivity index (χ4v) is 4.61. The molecule has 1 aliphatic rings. The average Bonchev–Trinajstić information content (AvgIpc) is 2.89. The highest BCUT2D eigenvalue weighted by atomic mass is 35.5. The molecule has 0 N–H and O–H groups in total. The number of nitrogens with zero attached hydrogens (tertiary/aromatic N) is 6. The number of anilines is 1. The summed E-state index contributed by atoms with van der Waals surface area (Å²) >= 11 is 6.04. The summed E-state index contributed by atoms with van der Waals surface area (Å²) in [7, 11) is 0. The number of hydrogen-bond acceptors (Lipinski definition) is 6. The van der Waals surface area contributed by atoms with E-state index in [1.165, 1.54) is 0 Å². The Hall–Kier alpha value is -3.29. The molecule has 0 spiro atoms. The lowest BCUT2D eigenvalue weighted by molar-refractivity contribution is 0.248. The molecule has 0 bridgehead atoms. The lowest BCUT2D eigenvalue weighted by Gasteiger charge is -2.35. The van der Waals surface area contributed by atoms with Crippen molar-refractivity contribution < 1.29 is 0 Å². The molecule has 1 saturated heterocycles. The van der Waals surface area contributed by atoms with Crippen molar-refractivity contribution in [2.75, 3.05) is 37.6 Å². The number of benzene rings is 2. The molecule has 0 saturated carbocycles. The normalized spacial score (nSPS) is 14.6. The Morgan fingerprint density at radius 1 is 0.882 bits per heavy atom. The van der Waals surface area contributed by atoms with Gasteiger partial charge in [-0.2, -0.15) is 5.10 Å². The second-order valence-electron chi connectivity index (χ2n) is 8.57. The van der Waals surface area contributed by atoms with Crippen molar-refractivity contribution in [3.63, 3.8) is 0 Å². The van der Waals surface area contributed by atoms with E-state index in [9.17, 15) is 4.79 Å². The minimum Gasteiger partial charge on any atom is -0.353 e. The van der Waals surface area contributed by atoms with E-state index in [-0.39, 0.29) is 5.56 Å². The van der Waals surface area contributed by atoms with Crippen molar-refractivity contribution >= 4 is 28.2 Å². The third-order valence-electron chi connectivity index (χ3n) is 6.32. The van der Waals surface area contributed by atoms with Crippen molar-refractivity contribution in [1.82, 2.24) is 24.6 Å². The van der Waals surface area contributed by atoms with Crippen molar-refractivity contribution in [1.29, 1.82) is 0 Å². The Bertz CT molecular complexity index is 1300. The standard InChI is InChI=1S/C26H27ClN6O/c27-21-8-6-20(7-9-21)18-24-22-4-1-2-5-23(22)26(34)33(30-24)13-3-12-31-14-16-32(17-15-31)25-19-28-10-11-29-25/h1-2,4-11,19H,3,12-18H2. The van der Waals surface area contributed by atoms with Gasteiger partial charge in [0.2, 0.25) is 0 Å². The second kappa shape index (κ2) is 10.3. The van der Waals surface area contributed by atoms with E-state index in [1.807, 2.05) is 54.7 Å². The summed E-state index contributed by atoms with van der Waals surface area (Å²) in [5, 5.41) is 7.13. The number of aromatic nitrogens is 4. The van der Waals surface area contributed by atoms with Crippen LogP contribution in [0.25, 0.3) is 10.8 Å². The van der Waals surface area contributed by atoms with Gasteiger partial charge in [0.1, 0.15) is 5.82 Å². The minimum absolute atomic E-state index is 0.0251. The smallest absolute Gasteiger partial charge is 0.274 e. The number of fused-ring (bicyclic) bond motifs is 1. The molecule has 0 atom stereocenters. The molecular formula is C26H27ClN6O. The Morgan fingerprint density at radius 2 is 1.65 bits per heavy atom. The first-order chi connectivity index (χ1) is 16.7. The second-order valence-corrected chi connectivity index (χ2v) is 9.01. The first kappa shape index (κ1) is 22.5. The van der Waals surface area contributed by atoms with E-state index in [0.29, 0.717) is 18.0 Å². The van der Waals surface area contributed by atoms with Crippen LogP contribution in [0.2, 0.25) is 5.02 Å². The van der Waals surface area contributed by atoms with Crippen LogP contribution in [-0.4, -0.2) is 57.4 Å². The highest BCUT2D eigenvalue weighted by Crippen LogP contribution is 2.19. The molecule has 8 heteroatoms. The molecule has 1 fully saturated rings. The van der Waals surface area contributed by atoms with Gasteiger partial charge in [0, 0.05) is 68.5 Å². The molecule has 0 radical (unpaired) electrons. The molecule has 3 heterocycles. The van der Waals surface area contributed by atoms with Crippen LogP contribution < -0.4 is 10.5 Å². The van der Waals surface area contributed by atoms with Crippen molar-refractivity contribution in [2.45, 2.75) is 19.4 Å². The van der Waals surface area contributed by atoms with Gasteiger partial charge in [-0.3, -0.25) is 14.7 Å². The van der Waals surface area contributed by atoms with E-state index in [1.54, 1.807) is 17.1 Å². The largest absolute Gasteiger partial charge is 0.353 e. The van der Waals surface area contributed by atoms with Gasteiger partial charge in [-0.05, 0) is 30.2 Å². The number of halogens is 1. The lowest BCUT2D eigenvalue weighted by Crippen LogP contribution is -2.47. The summed E-state index contributed by atoms with van der Waals surface area (Å²) in [5.74, 6) is 0.933. The van der Waals surface area contributed by atoms with Gasteiger partial charge in [-0.1, -0.05) is 41.9 Å². The van der Waals surface area contributed by atoms with Gasteiger partial charge in [-0.15, -0.1) is 0 Å². The number of hydrogen-bond donors (Lipinski definition) is 0. The quantitative estimate of drug-likeness (QED) is 0.407. The zero-order chi connectivity index (χ0) is 23.3. The number of rotatable bonds is 7. The maximum atomic E-state index is 13.1. The summed E-state index contributed by atoms with van der Waals surface area (Å²) < 4.78 is 1.64. The van der Waals surface area contributed by atoms with E-state index >= 15 is 0 Å². The SMILES string of the molecule is O=c1c2ccccc2c(Cc2ccc(Cl)cc2)nn1CCCN1CCN(c2cnccn2)CC1. The lowest BCUT2D eigenvalue weighted by atomic mass is 10.0. The van der Waals surface area contributed by atoms with Crippen LogP contribution in [0.5, 0.6) is 0 Å². The van der Waals surface area contributed by atoms with Gasteiger partial charge in [0.05, 0.1) is 17.3 Å². The van der Waals surface area contributed by atoms with Crippen LogP contribution in [0.4, 0.5) is 5.82 Å². The monoisotopic (exact) mass is 474 g/mol. The summed E-state index contributed by atoms with van der Waals surface area (Å²) in [5.41, 5.74) is 2.01. The Balaban J connectivity index is 1.25. The Labute approximate surface area is 203 Å². The Kier molecular flexibility index (Phi) is 6.83. The van der Waals surface area contributed by atoms with Gasteiger partial charge in [0.15, 0.2) is 0 Å². The summed E-state index contributed by atoms with van der Waals surface area (Å²) in [4.78, 5) is 26.4. The van der Waals surface area contributed by atoms with Crippen LogP contribution in [0.1, 0.15) is 17.7 Å². The molecule has 1 aliphatic heterocycles. The summed E-state index contributed by atoms with van der Waals surface area (Å²) in [6, 6.07) is 15.5. The minimum atomic E-state index is -0.0251. The predicted octanol–water partition coefficient (Wildman–Crippen LogP) is 3.64. The molecule has 2 aromatic heterocycles. The van der Waals surface area contributed by atoms with E-state index in [0.717, 1.165) is 67.0 Å².